The van der Waals surface area contributed by atoms with Crippen molar-refractivity contribution in [2.75, 3.05) is 18.6 Å². The third kappa shape index (κ3) is 8.21. The zero-order chi connectivity index (χ0) is 27.7. The number of carboxylic acids is 1. The SMILES string of the molecule is COc1cc(CCCN(C=O)c2cc(CC(C)N)c3occc3c2)cc(Cl)n1.O=C(O)c1ccc(Cl)cc1. The number of carbonyl (C=O) groups is 2. The Bertz CT molecular complexity index is 1370. The third-order valence-corrected chi connectivity index (χ3v) is 6.05. The number of methoxy groups -OCH3 is 1. The summed E-state index contributed by atoms with van der Waals surface area (Å²) in [5, 5.41) is 10.3. The Kier molecular flexibility index (Phi) is 10.5. The first-order valence-corrected chi connectivity index (χ1v) is 12.6. The Balaban J connectivity index is 0.000000336. The van der Waals surface area contributed by atoms with Crippen molar-refractivity contribution in [3.63, 3.8) is 0 Å². The standard InChI is InChI=1S/C21H24ClN3O3.C7H5ClO2/c1-14(23)8-17-12-18(11-16-5-7-28-21(16)17)25(13-26)6-3-4-15-9-19(22)24-20(10-15)27-2;8-6-3-1-5(2-4-6)7(9)10/h5,7,9-14H,3-4,6,8,23H2,1-2H3;1-4H,(H,9,10). The highest BCUT2D eigenvalue weighted by Crippen LogP contribution is 2.28. The van der Waals surface area contributed by atoms with E-state index in [0.717, 1.165) is 47.0 Å². The van der Waals surface area contributed by atoms with Crippen molar-refractivity contribution in [3.05, 3.63) is 87.7 Å². The number of carboxylic acid groups (broad SMARTS) is 1. The number of hydrogen-bond acceptors (Lipinski definition) is 6. The molecule has 0 saturated carbocycles. The lowest BCUT2D eigenvalue weighted by molar-refractivity contribution is -0.107. The number of carbonyl (C=O) groups excluding carboxylic acids is 1. The molecule has 0 bridgehead atoms. The van der Waals surface area contributed by atoms with Crippen LogP contribution < -0.4 is 15.4 Å². The molecule has 2 aromatic heterocycles. The second-order valence-corrected chi connectivity index (χ2v) is 9.50. The largest absolute Gasteiger partial charge is 0.481 e. The fourth-order valence-electron chi connectivity index (χ4n) is 3.86. The summed E-state index contributed by atoms with van der Waals surface area (Å²) in [6.07, 6.45) is 4.72. The molecule has 8 nitrogen and oxygen atoms in total. The molecule has 200 valence electrons. The number of nitrogens with zero attached hydrogens (tertiary/aromatic N) is 2. The summed E-state index contributed by atoms with van der Waals surface area (Å²) in [5.41, 5.74) is 9.91. The highest BCUT2D eigenvalue weighted by Gasteiger charge is 2.13. The molecule has 4 rings (SSSR count). The van der Waals surface area contributed by atoms with Gasteiger partial charge in [0.15, 0.2) is 0 Å². The van der Waals surface area contributed by atoms with Crippen LogP contribution in [0, 0.1) is 0 Å². The summed E-state index contributed by atoms with van der Waals surface area (Å²) >= 11 is 11.5. The van der Waals surface area contributed by atoms with Crippen LogP contribution in [-0.2, 0) is 17.6 Å². The van der Waals surface area contributed by atoms with Gasteiger partial charge in [-0.3, -0.25) is 4.79 Å². The molecule has 0 radical (unpaired) electrons. The van der Waals surface area contributed by atoms with E-state index in [-0.39, 0.29) is 11.6 Å². The van der Waals surface area contributed by atoms with Gasteiger partial charge in [-0.05, 0) is 85.8 Å². The Morgan fingerprint density at radius 1 is 1.18 bits per heavy atom. The van der Waals surface area contributed by atoms with Crippen LogP contribution in [0.5, 0.6) is 5.88 Å². The molecule has 1 amide bonds. The normalized spacial score (nSPS) is 11.4. The fraction of sp³-hybridized carbons (Fsp3) is 0.250. The average molecular weight is 558 g/mol. The number of aromatic nitrogens is 1. The number of ether oxygens (including phenoxy) is 1. The predicted octanol–water partition coefficient (Wildman–Crippen LogP) is 6.01. The van der Waals surface area contributed by atoms with E-state index in [1.165, 1.54) is 12.1 Å². The van der Waals surface area contributed by atoms with Crippen LogP contribution in [-0.4, -0.2) is 42.2 Å². The highest BCUT2D eigenvalue weighted by atomic mass is 35.5. The van der Waals surface area contributed by atoms with Gasteiger partial charge in [0.1, 0.15) is 10.7 Å². The number of pyridine rings is 1. The minimum absolute atomic E-state index is 0.000324. The average Bonchev–Trinajstić information content (AvgIpc) is 3.36. The zero-order valence-corrected chi connectivity index (χ0v) is 22.6. The van der Waals surface area contributed by atoms with Gasteiger partial charge in [0.05, 0.1) is 18.9 Å². The molecule has 0 saturated heterocycles. The monoisotopic (exact) mass is 557 g/mol. The van der Waals surface area contributed by atoms with Crippen molar-refractivity contribution in [1.82, 2.24) is 4.98 Å². The van der Waals surface area contributed by atoms with E-state index in [1.807, 2.05) is 37.3 Å². The number of fused-ring (bicyclic) bond motifs is 1. The minimum atomic E-state index is -0.934. The van der Waals surface area contributed by atoms with Gasteiger partial charge >= 0.3 is 5.97 Å². The minimum Gasteiger partial charge on any atom is -0.481 e. The molecule has 0 aliphatic carbocycles. The van der Waals surface area contributed by atoms with Crippen LogP contribution in [0.3, 0.4) is 0 Å². The number of amides is 1. The van der Waals surface area contributed by atoms with E-state index in [9.17, 15) is 9.59 Å². The fourth-order valence-corrected chi connectivity index (χ4v) is 4.21. The summed E-state index contributed by atoms with van der Waals surface area (Å²) in [5.74, 6) is -0.447. The Morgan fingerprint density at radius 2 is 1.92 bits per heavy atom. The van der Waals surface area contributed by atoms with Gasteiger partial charge in [0.2, 0.25) is 12.3 Å². The maximum Gasteiger partial charge on any atom is 0.335 e. The van der Waals surface area contributed by atoms with Gasteiger partial charge in [-0.2, -0.15) is 0 Å². The molecule has 0 spiro atoms. The summed E-state index contributed by atoms with van der Waals surface area (Å²) < 4.78 is 10.7. The molecule has 10 heteroatoms. The molecule has 1 unspecified atom stereocenters. The van der Waals surface area contributed by atoms with Crippen LogP contribution in [0.25, 0.3) is 11.0 Å². The number of furan rings is 1. The Hall–Kier alpha value is -3.59. The summed E-state index contributed by atoms with van der Waals surface area (Å²) in [4.78, 5) is 27.8. The second-order valence-electron chi connectivity index (χ2n) is 8.68. The lowest BCUT2D eigenvalue weighted by Gasteiger charge is -2.19. The van der Waals surface area contributed by atoms with E-state index in [2.05, 4.69) is 4.98 Å². The predicted molar refractivity (Wildman–Crippen MR) is 150 cm³/mol. The van der Waals surface area contributed by atoms with E-state index in [1.54, 1.807) is 30.4 Å². The van der Waals surface area contributed by atoms with Gasteiger partial charge in [0.25, 0.3) is 0 Å². The number of aryl methyl sites for hydroxylation is 1. The van der Waals surface area contributed by atoms with E-state index < -0.39 is 5.97 Å². The number of halogens is 2. The zero-order valence-electron chi connectivity index (χ0n) is 21.1. The number of anilines is 1. The van der Waals surface area contributed by atoms with Crippen molar-refractivity contribution in [2.45, 2.75) is 32.2 Å². The third-order valence-electron chi connectivity index (χ3n) is 5.61. The van der Waals surface area contributed by atoms with Crippen LogP contribution in [0.4, 0.5) is 5.69 Å². The van der Waals surface area contributed by atoms with Gasteiger partial charge in [0, 0.05) is 34.7 Å². The Labute approximate surface area is 230 Å². The molecule has 0 fully saturated rings. The smallest absolute Gasteiger partial charge is 0.335 e. The molecular weight excluding hydrogens is 529 g/mol. The van der Waals surface area contributed by atoms with Crippen molar-refractivity contribution < 1.29 is 23.8 Å². The Morgan fingerprint density at radius 3 is 2.55 bits per heavy atom. The van der Waals surface area contributed by atoms with Crippen LogP contribution in [0.2, 0.25) is 10.2 Å². The topological polar surface area (TPSA) is 119 Å². The number of rotatable bonds is 10. The van der Waals surface area contributed by atoms with Gasteiger partial charge in [-0.25, -0.2) is 9.78 Å². The molecule has 2 heterocycles. The first kappa shape index (κ1) is 29.0. The highest BCUT2D eigenvalue weighted by molar-refractivity contribution is 6.30. The lowest BCUT2D eigenvalue weighted by atomic mass is 10.0. The first-order valence-electron chi connectivity index (χ1n) is 11.9. The molecular formula is C28H29Cl2N3O5. The van der Waals surface area contributed by atoms with Gasteiger partial charge in [-0.15, -0.1) is 0 Å². The number of aromatic carboxylic acids is 1. The molecule has 0 aliphatic rings. The van der Waals surface area contributed by atoms with E-state index in [4.69, 9.17) is 43.2 Å². The van der Waals surface area contributed by atoms with Crippen molar-refractivity contribution in [1.29, 1.82) is 0 Å². The molecule has 38 heavy (non-hydrogen) atoms. The summed E-state index contributed by atoms with van der Waals surface area (Å²) in [6.45, 7) is 2.53. The summed E-state index contributed by atoms with van der Waals surface area (Å²) in [6, 6.07) is 15.5. The lowest BCUT2D eigenvalue weighted by Crippen LogP contribution is -2.23. The quantitative estimate of drug-likeness (QED) is 0.181. The number of hydrogen-bond donors (Lipinski definition) is 2. The van der Waals surface area contributed by atoms with Crippen LogP contribution in [0.1, 0.15) is 34.8 Å². The van der Waals surface area contributed by atoms with Crippen LogP contribution >= 0.6 is 23.2 Å². The van der Waals surface area contributed by atoms with E-state index >= 15 is 0 Å². The van der Waals surface area contributed by atoms with Crippen LogP contribution in [0.15, 0.2) is 65.3 Å². The summed E-state index contributed by atoms with van der Waals surface area (Å²) in [7, 11) is 1.56. The molecule has 3 N–H and O–H groups in total. The maximum atomic E-state index is 11.7. The molecule has 1 atom stereocenters. The first-order chi connectivity index (χ1) is 18.2. The molecule has 2 aromatic carbocycles. The van der Waals surface area contributed by atoms with Gasteiger partial charge < -0.3 is 24.9 Å². The number of benzene rings is 2. The van der Waals surface area contributed by atoms with Crippen molar-refractivity contribution >= 4 is 52.2 Å². The number of nitrogens with two attached hydrogens (primary N) is 1. The van der Waals surface area contributed by atoms with E-state index in [0.29, 0.717) is 29.0 Å². The molecule has 0 aliphatic heterocycles. The van der Waals surface area contributed by atoms with Crippen molar-refractivity contribution in [3.8, 4) is 5.88 Å². The van der Waals surface area contributed by atoms with Crippen molar-refractivity contribution in [2.24, 2.45) is 5.73 Å². The maximum absolute atomic E-state index is 11.7. The molecule has 4 aromatic rings. The van der Waals surface area contributed by atoms with Gasteiger partial charge in [-0.1, -0.05) is 23.2 Å². The second kappa shape index (κ2) is 13.8.